The van der Waals surface area contributed by atoms with E-state index in [4.69, 9.17) is 22.1 Å². The van der Waals surface area contributed by atoms with Crippen molar-refractivity contribution >= 4 is 34.7 Å². The predicted octanol–water partition coefficient (Wildman–Crippen LogP) is 3.20. The van der Waals surface area contributed by atoms with Crippen molar-refractivity contribution in [2.75, 3.05) is 17.7 Å². The van der Waals surface area contributed by atoms with Crippen LogP contribution in [0.2, 0.25) is 0 Å². The minimum Gasteiger partial charge on any atom is -0.497 e. The summed E-state index contributed by atoms with van der Waals surface area (Å²) in [5.41, 5.74) is 1.74. The van der Waals surface area contributed by atoms with Crippen molar-refractivity contribution in [2.45, 2.75) is 0 Å². The van der Waals surface area contributed by atoms with Gasteiger partial charge in [0.05, 0.1) is 12.7 Å². The molecule has 0 unspecified atom stereocenters. The topological polar surface area (TPSA) is 70.6 Å². The second-order valence-corrected chi connectivity index (χ2v) is 4.60. The molecule has 0 aromatic heterocycles. The molecule has 0 spiro atoms. The van der Waals surface area contributed by atoms with Crippen LogP contribution >= 0.6 is 12.2 Å². The molecule has 0 atom stereocenters. The molecule has 0 radical (unpaired) electrons. The summed E-state index contributed by atoms with van der Waals surface area (Å²) in [6.45, 7) is 0. The van der Waals surface area contributed by atoms with Crippen LogP contribution in [-0.4, -0.2) is 23.3 Å². The molecule has 2 aromatic carbocycles. The van der Waals surface area contributed by atoms with E-state index in [1.807, 2.05) is 24.3 Å². The van der Waals surface area contributed by atoms with Gasteiger partial charge in [0.25, 0.3) is 0 Å². The highest BCUT2D eigenvalue weighted by molar-refractivity contribution is 7.80. The first-order valence-electron chi connectivity index (χ1n) is 6.14. The van der Waals surface area contributed by atoms with Gasteiger partial charge in [0.1, 0.15) is 5.75 Å². The van der Waals surface area contributed by atoms with Crippen molar-refractivity contribution in [3.63, 3.8) is 0 Å². The lowest BCUT2D eigenvalue weighted by atomic mass is 10.2. The quantitative estimate of drug-likeness (QED) is 0.753. The first-order valence-corrected chi connectivity index (χ1v) is 6.55. The lowest BCUT2D eigenvalue weighted by molar-refractivity contribution is 0.0697. The molecule has 2 aromatic rings. The van der Waals surface area contributed by atoms with Crippen LogP contribution in [0.4, 0.5) is 11.4 Å². The Morgan fingerprint density at radius 1 is 1.10 bits per heavy atom. The highest BCUT2D eigenvalue weighted by atomic mass is 32.1. The summed E-state index contributed by atoms with van der Waals surface area (Å²) in [7, 11) is 1.60. The number of aromatic carboxylic acids is 1. The van der Waals surface area contributed by atoms with Crippen molar-refractivity contribution in [1.29, 1.82) is 0 Å². The third-order valence-electron chi connectivity index (χ3n) is 2.72. The van der Waals surface area contributed by atoms with Gasteiger partial charge in [-0.3, -0.25) is 0 Å². The Morgan fingerprint density at radius 3 is 2.38 bits per heavy atom. The molecule has 0 fully saturated rings. The number of carboxylic acid groups (broad SMARTS) is 1. The normalized spacial score (nSPS) is 9.76. The van der Waals surface area contributed by atoms with Gasteiger partial charge in [-0.1, -0.05) is 6.07 Å². The molecule has 3 N–H and O–H groups in total. The predicted molar refractivity (Wildman–Crippen MR) is 86.2 cm³/mol. The second-order valence-electron chi connectivity index (χ2n) is 4.19. The summed E-state index contributed by atoms with van der Waals surface area (Å²) >= 11 is 5.20. The van der Waals surface area contributed by atoms with Gasteiger partial charge in [-0.05, 0) is 48.6 Å². The first kappa shape index (κ1) is 14.8. The van der Waals surface area contributed by atoms with Gasteiger partial charge < -0.3 is 20.5 Å². The smallest absolute Gasteiger partial charge is 0.335 e. The molecule has 21 heavy (non-hydrogen) atoms. The van der Waals surface area contributed by atoms with Crippen molar-refractivity contribution in [3.05, 3.63) is 54.1 Å². The molecule has 0 bridgehead atoms. The zero-order chi connectivity index (χ0) is 15.2. The largest absolute Gasteiger partial charge is 0.497 e. The summed E-state index contributed by atoms with van der Waals surface area (Å²) in [5, 5.41) is 15.2. The third kappa shape index (κ3) is 4.19. The summed E-state index contributed by atoms with van der Waals surface area (Å²) < 4.78 is 5.13. The van der Waals surface area contributed by atoms with Crippen molar-refractivity contribution < 1.29 is 14.6 Å². The zero-order valence-electron chi connectivity index (χ0n) is 11.3. The van der Waals surface area contributed by atoms with Gasteiger partial charge in [-0.2, -0.15) is 0 Å². The molecule has 0 aliphatic heterocycles. The molecular weight excluding hydrogens is 288 g/mol. The molecule has 0 saturated heterocycles. The Hall–Kier alpha value is -2.60. The maximum Gasteiger partial charge on any atom is 0.335 e. The minimum absolute atomic E-state index is 0.229. The van der Waals surface area contributed by atoms with E-state index in [-0.39, 0.29) is 5.56 Å². The third-order valence-corrected chi connectivity index (χ3v) is 2.92. The zero-order valence-corrected chi connectivity index (χ0v) is 12.1. The van der Waals surface area contributed by atoms with E-state index >= 15 is 0 Å². The lowest BCUT2D eigenvalue weighted by Gasteiger charge is -2.11. The Morgan fingerprint density at radius 2 is 1.76 bits per heavy atom. The maximum absolute atomic E-state index is 10.8. The molecule has 2 rings (SSSR count). The Kier molecular flexibility index (Phi) is 4.73. The van der Waals surface area contributed by atoms with Crippen LogP contribution in [-0.2, 0) is 0 Å². The van der Waals surface area contributed by atoms with Crippen LogP contribution in [0.25, 0.3) is 0 Å². The van der Waals surface area contributed by atoms with Crippen LogP contribution in [0.1, 0.15) is 10.4 Å². The molecular formula is C15H14N2O3S. The number of anilines is 2. The number of hydrogen-bond acceptors (Lipinski definition) is 3. The fourth-order valence-electron chi connectivity index (χ4n) is 1.69. The summed E-state index contributed by atoms with van der Waals surface area (Å²) in [4.78, 5) is 10.8. The van der Waals surface area contributed by atoms with Gasteiger partial charge in [0, 0.05) is 17.4 Å². The van der Waals surface area contributed by atoms with Gasteiger partial charge in [0.2, 0.25) is 0 Å². The van der Waals surface area contributed by atoms with Crippen LogP contribution in [0.3, 0.4) is 0 Å². The Balaban J connectivity index is 1.99. The van der Waals surface area contributed by atoms with Crippen LogP contribution in [0.5, 0.6) is 5.75 Å². The molecule has 0 aliphatic rings. The minimum atomic E-state index is -0.960. The van der Waals surface area contributed by atoms with Gasteiger partial charge in [0.15, 0.2) is 5.11 Å². The number of carboxylic acids is 1. The highest BCUT2D eigenvalue weighted by Gasteiger charge is 2.03. The molecule has 6 heteroatoms. The van der Waals surface area contributed by atoms with Crippen LogP contribution in [0.15, 0.2) is 48.5 Å². The fourth-order valence-corrected chi connectivity index (χ4v) is 1.93. The number of rotatable bonds is 4. The number of benzene rings is 2. The molecule has 0 aliphatic carbocycles. The van der Waals surface area contributed by atoms with E-state index in [0.29, 0.717) is 10.8 Å². The van der Waals surface area contributed by atoms with Crippen molar-refractivity contribution in [2.24, 2.45) is 0 Å². The average molecular weight is 302 g/mol. The number of carbonyl (C=O) groups is 1. The Bertz CT molecular complexity index is 656. The number of methoxy groups -OCH3 is 1. The SMILES string of the molecule is COc1cccc(NC(=S)Nc2ccc(C(=O)O)cc2)c1. The monoisotopic (exact) mass is 302 g/mol. The van der Waals surface area contributed by atoms with E-state index < -0.39 is 5.97 Å². The van der Waals surface area contributed by atoms with E-state index in [9.17, 15) is 4.79 Å². The van der Waals surface area contributed by atoms with E-state index in [2.05, 4.69) is 10.6 Å². The molecule has 0 heterocycles. The molecule has 5 nitrogen and oxygen atoms in total. The Labute approximate surface area is 127 Å². The van der Waals surface area contributed by atoms with E-state index in [1.165, 1.54) is 12.1 Å². The standard InChI is InChI=1S/C15H14N2O3S/c1-20-13-4-2-3-12(9-13)17-15(21)16-11-7-5-10(6-8-11)14(18)19/h2-9H,1H3,(H,18,19)(H2,16,17,21). The molecule has 0 saturated carbocycles. The van der Waals surface area contributed by atoms with Crippen LogP contribution < -0.4 is 15.4 Å². The number of thiocarbonyl (C=S) groups is 1. The number of hydrogen-bond donors (Lipinski definition) is 3. The second kappa shape index (κ2) is 6.71. The number of ether oxygens (including phenoxy) is 1. The summed E-state index contributed by atoms with van der Waals surface area (Å²) in [6.07, 6.45) is 0. The van der Waals surface area contributed by atoms with Crippen molar-refractivity contribution in [1.82, 2.24) is 0 Å². The highest BCUT2D eigenvalue weighted by Crippen LogP contribution is 2.17. The van der Waals surface area contributed by atoms with E-state index in [1.54, 1.807) is 19.2 Å². The van der Waals surface area contributed by atoms with E-state index in [0.717, 1.165) is 11.4 Å². The summed E-state index contributed by atoms with van der Waals surface area (Å²) in [5.74, 6) is -0.229. The van der Waals surface area contributed by atoms with Gasteiger partial charge >= 0.3 is 5.97 Å². The molecule has 0 amide bonds. The fraction of sp³-hybridized carbons (Fsp3) is 0.0667. The average Bonchev–Trinajstić information content (AvgIpc) is 2.47. The first-order chi connectivity index (χ1) is 10.1. The molecule has 108 valence electrons. The number of nitrogens with one attached hydrogen (secondary N) is 2. The van der Waals surface area contributed by atoms with Crippen LogP contribution in [0, 0.1) is 0 Å². The van der Waals surface area contributed by atoms with Gasteiger partial charge in [-0.15, -0.1) is 0 Å². The lowest BCUT2D eigenvalue weighted by Crippen LogP contribution is -2.19. The summed E-state index contributed by atoms with van der Waals surface area (Å²) in [6, 6.07) is 13.7. The maximum atomic E-state index is 10.8. The van der Waals surface area contributed by atoms with Gasteiger partial charge in [-0.25, -0.2) is 4.79 Å². The van der Waals surface area contributed by atoms with Crippen molar-refractivity contribution in [3.8, 4) is 5.75 Å².